The fourth-order valence-corrected chi connectivity index (χ4v) is 3.93. The second kappa shape index (κ2) is 10.7. The van der Waals surface area contributed by atoms with E-state index in [0.717, 1.165) is 50.1 Å². The molecule has 1 aromatic carbocycles. The third-order valence-corrected chi connectivity index (χ3v) is 5.63. The zero-order valence-electron chi connectivity index (χ0n) is 15.5. The summed E-state index contributed by atoms with van der Waals surface area (Å²) in [6.45, 7) is 5.77. The molecule has 0 unspecified atom stereocenters. The Bertz CT molecular complexity index is 569. The highest BCUT2D eigenvalue weighted by Gasteiger charge is 2.39. The summed E-state index contributed by atoms with van der Waals surface area (Å²) >= 11 is 5.94. The van der Waals surface area contributed by atoms with Crippen LogP contribution in [0.2, 0.25) is 5.02 Å². The van der Waals surface area contributed by atoms with Crippen LogP contribution < -0.4 is 10.6 Å². The minimum absolute atomic E-state index is 0. The molecule has 0 aliphatic carbocycles. The first-order valence-electron chi connectivity index (χ1n) is 9.24. The van der Waals surface area contributed by atoms with Gasteiger partial charge in [-0.15, -0.1) is 24.0 Å². The van der Waals surface area contributed by atoms with Gasteiger partial charge >= 0.3 is 0 Å². The summed E-state index contributed by atoms with van der Waals surface area (Å²) in [6, 6.07) is 7.90. The first-order valence-corrected chi connectivity index (χ1v) is 9.61. The standard InChI is InChI=1S/C19H29ClN4O.HI/c1-21-18(22-14-16-4-6-17(20)7-5-16)23-15-19(8-12-25-13-9-19)24-10-2-3-11-24;/h4-7H,2-3,8-15H2,1H3,(H2,21,22,23);1H. The molecule has 3 rings (SSSR count). The Morgan fingerprint density at radius 1 is 1.15 bits per heavy atom. The predicted octanol–water partition coefficient (Wildman–Crippen LogP) is 3.27. The number of nitrogens with zero attached hydrogens (tertiary/aromatic N) is 2. The molecule has 26 heavy (non-hydrogen) atoms. The van der Waals surface area contributed by atoms with Gasteiger partial charge in [0.2, 0.25) is 0 Å². The van der Waals surface area contributed by atoms with Crippen LogP contribution in [0.4, 0.5) is 0 Å². The van der Waals surface area contributed by atoms with Crippen molar-refractivity contribution in [2.75, 3.05) is 39.9 Å². The van der Waals surface area contributed by atoms with E-state index in [2.05, 4.69) is 20.5 Å². The van der Waals surface area contributed by atoms with Crippen LogP contribution in [0.1, 0.15) is 31.2 Å². The molecule has 0 radical (unpaired) electrons. The second-order valence-electron chi connectivity index (χ2n) is 6.94. The molecule has 2 aliphatic heterocycles. The van der Waals surface area contributed by atoms with Crippen molar-refractivity contribution in [3.63, 3.8) is 0 Å². The SMILES string of the molecule is CN=C(NCc1ccc(Cl)cc1)NCC1(N2CCCC2)CCOCC1.I. The van der Waals surface area contributed by atoms with Gasteiger partial charge < -0.3 is 15.4 Å². The van der Waals surface area contributed by atoms with E-state index in [9.17, 15) is 0 Å². The summed E-state index contributed by atoms with van der Waals surface area (Å²) in [6.07, 6.45) is 4.81. The van der Waals surface area contributed by atoms with Gasteiger partial charge in [-0.3, -0.25) is 9.89 Å². The Hall–Kier alpha value is -0.570. The van der Waals surface area contributed by atoms with Gasteiger partial charge in [-0.2, -0.15) is 0 Å². The molecule has 2 fully saturated rings. The van der Waals surface area contributed by atoms with E-state index < -0.39 is 0 Å². The molecule has 7 heteroatoms. The molecular formula is C19H30ClIN4O. The smallest absolute Gasteiger partial charge is 0.191 e. The number of halogens is 2. The number of hydrogen-bond acceptors (Lipinski definition) is 3. The van der Waals surface area contributed by atoms with Crippen molar-refractivity contribution in [3.05, 3.63) is 34.9 Å². The molecule has 146 valence electrons. The predicted molar refractivity (Wildman–Crippen MR) is 119 cm³/mol. The average Bonchev–Trinajstić information content (AvgIpc) is 3.19. The van der Waals surface area contributed by atoms with Gasteiger partial charge in [-0.25, -0.2) is 0 Å². The Balaban J connectivity index is 0.00000243. The highest BCUT2D eigenvalue weighted by molar-refractivity contribution is 14.0. The van der Waals surface area contributed by atoms with Crippen LogP contribution in [-0.2, 0) is 11.3 Å². The number of likely N-dealkylation sites (tertiary alicyclic amines) is 1. The molecule has 0 spiro atoms. The number of ether oxygens (including phenoxy) is 1. The maximum Gasteiger partial charge on any atom is 0.191 e. The normalized spacial score (nSPS) is 20.5. The fourth-order valence-electron chi connectivity index (χ4n) is 3.80. The molecule has 0 atom stereocenters. The van der Waals surface area contributed by atoms with Gasteiger partial charge in [-0.1, -0.05) is 23.7 Å². The monoisotopic (exact) mass is 492 g/mol. The van der Waals surface area contributed by atoms with E-state index in [-0.39, 0.29) is 29.5 Å². The van der Waals surface area contributed by atoms with Crippen molar-refractivity contribution in [2.24, 2.45) is 4.99 Å². The van der Waals surface area contributed by atoms with Crippen molar-refractivity contribution in [1.82, 2.24) is 15.5 Å². The van der Waals surface area contributed by atoms with E-state index in [1.807, 2.05) is 31.3 Å². The summed E-state index contributed by atoms with van der Waals surface area (Å²) in [4.78, 5) is 7.04. The topological polar surface area (TPSA) is 48.9 Å². The summed E-state index contributed by atoms with van der Waals surface area (Å²) in [7, 11) is 1.82. The minimum atomic E-state index is 0. The lowest BCUT2D eigenvalue weighted by Gasteiger charge is -2.45. The quantitative estimate of drug-likeness (QED) is 0.376. The molecule has 2 aliphatic rings. The number of aliphatic imine (C=N–C) groups is 1. The number of hydrogen-bond donors (Lipinski definition) is 2. The third kappa shape index (κ3) is 5.71. The maximum atomic E-state index is 5.94. The second-order valence-corrected chi connectivity index (χ2v) is 7.37. The largest absolute Gasteiger partial charge is 0.381 e. The third-order valence-electron chi connectivity index (χ3n) is 5.38. The summed E-state index contributed by atoms with van der Waals surface area (Å²) < 4.78 is 5.62. The van der Waals surface area contributed by atoms with Crippen molar-refractivity contribution >= 4 is 41.5 Å². The van der Waals surface area contributed by atoms with Gasteiger partial charge in [0.1, 0.15) is 0 Å². The molecule has 1 aromatic rings. The van der Waals surface area contributed by atoms with Crippen LogP contribution >= 0.6 is 35.6 Å². The average molecular weight is 493 g/mol. The van der Waals surface area contributed by atoms with Crippen molar-refractivity contribution in [2.45, 2.75) is 37.8 Å². The first-order chi connectivity index (χ1) is 12.2. The fraction of sp³-hybridized carbons (Fsp3) is 0.632. The molecular weight excluding hydrogens is 463 g/mol. The summed E-state index contributed by atoms with van der Waals surface area (Å²) in [5.41, 5.74) is 1.39. The lowest BCUT2D eigenvalue weighted by Crippen LogP contribution is -2.58. The maximum absolute atomic E-state index is 5.94. The molecule has 0 saturated carbocycles. The van der Waals surface area contributed by atoms with E-state index in [4.69, 9.17) is 16.3 Å². The zero-order chi connectivity index (χ0) is 17.5. The highest BCUT2D eigenvalue weighted by atomic mass is 127. The van der Waals surface area contributed by atoms with E-state index in [1.165, 1.54) is 31.5 Å². The van der Waals surface area contributed by atoms with Gasteiger partial charge in [0.05, 0.1) is 0 Å². The molecule has 0 bridgehead atoms. The Kier molecular flexibility index (Phi) is 8.93. The summed E-state index contributed by atoms with van der Waals surface area (Å²) in [5.74, 6) is 0.847. The van der Waals surface area contributed by atoms with Crippen LogP contribution in [0, 0.1) is 0 Å². The molecule has 5 nitrogen and oxygen atoms in total. The first kappa shape index (κ1) is 21.7. The highest BCUT2D eigenvalue weighted by Crippen LogP contribution is 2.30. The van der Waals surface area contributed by atoms with Gasteiger partial charge in [-0.05, 0) is 56.5 Å². The molecule has 2 heterocycles. The molecule has 2 saturated heterocycles. The molecule has 2 N–H and O–H groups in total. The Morgan fingerprint density at radius 3 is 2.42 bits per heavy atom. The van der Waals surface area contributed by atoms with Gasteiger partial charge in [0.25, 0.3) is 0 Å². The minimum Gasteiger partial charge on any atom is -0.381 e. The van der Waals surface area contributed by atoms with E-state index >= 15 is 0 Å². The van der Waals surface area contributed by atoms with Crippen molar-refractivity contribution in [1.29, 1.82) is 0 Å². The van der Waals surface area contributed by atoms with Crippen LogP contribution in [-0.4, -0.2) is 56.3 Å². The van der Waals surface area contributed by atoms with E-state index in [1.54, 1.807) is 0 Å². The van der Waals surface area contributed by atoms with E-state index in [0.29, 0.717) is 0 Å². The van der Waals surface area contributed by atoms with Crippen LogP contribution in [0.5, 0.6) is 0 Å². The number of rotatable bonds is 5. The van der Waals surface area contributed by atoms with Crippen LogP contribution in [0.15, 0.2) is 29.3 Å². The van der Waals surface area contributed by atoms with Crippen molar-refractivity contribution < 1.29 is 4.74 Å². The lowest BCUT2D eigenvalue weighted by atomic mass is 9.88. The number of benzene rings is 1. The Morgan fingerprint density at radius 2 is 1.81 bits per heavy atom. The lowest BCUT2D eigenvalue weighted by molar-refractivity contribution is -0.0164. The van der Waals surface area contributed by atoms with Gasteiger partial charge in [0, 0.05) is 43.9 Å². The molecule has 0 amide bonds. The van der Waals surface area contributed by atoms with Crippen LogP contribution in [0.3, 0.4) is 0 Å². The Labute approximate surface area is 178 Å². The molecule has 0 aromatic heterocycles. The number of guanidine groups is 1. The zero-order valence-corrected chi connectivity index (χ0v) is 18.6. The van der Waals surface area contributed by atoms with Crippen LogP contribution in [0.25, 0.3) is 0 Å². The van der Waals surface area contributed by atoms with Crippen molar-refractivity contribution in [3.8, 4) is 0 Å². The number of nitrogens with one attached hydrogen (secondary N) is 2. The van der Waals surface area contributed by atoms with Gasteiger partial charge in [0.15, 0.2) is 5.96 Å². The summed E-state index contributed by atoms with van der Waals surface area (Å²) in [5, 5.41) is 7.72.